The maximum absolute atomic E-state index is 10.8. The first-order valence-electron chi connectivity index (χ1n) is 14.9. The summed E-state index contributed by atoms with van der Waals surface area (Å²) in [5.74, 6) is 1.42. The molecule has 0 amide bonds. The molecule has 2 aliphatic carbocycles. The highest BCUT2D eigenvalue weighted by Gasteiger charge is 2.30. The van der Waals surface area contributed by atoms with Gasteiger partial charge in [-0.15, -0.1) is 0 Å². The zero-order valence-corrected chi connectivity index (χ0v) is 26.4. The van der Waals surface area contributed by atoms with Gasteiger partial charge in [-0.05, 0) is 109 Å². The van der Waals surface area contributed by atoms with Crippen molar-refractivity contribution in [2.45, 2.75) is 80.1 Å². The maximum Gasteiger partial charge on any atom is 0.184 e. The summed E-state index contributed by atoms with van der Waals surface area (Å²) in [6.45, 7) is 13.9. The summed E-state index contributed by atoms with van der Waals surface area (Å²) in [6, 6.07) is 8.26. The molecule has 0 radical (unpaired) electrons. The summed E-state index contributed by atoms with van der Waals surface area (Å²) in [6.07, 6.45) is 9.24. The topological polar surface area (TPSA) is 125 Å². The molecular formula is C33H43N7OS. The quantitative estimate of drug-likeness (QED) is 0.0953. The van der Waals surface area contributed by atoms with Gasteiger partial charge < -0.3 is 15.7 Å². The Morgan fingerprint density at radius 3 is 1.81 bits per heavy atom. The van der Waals surface area contributed by atoms with E-state index >= 15 is 0 Å². The molecule has 2 unspecified atom stereocenters. The van der Waals surface area contributed by atoms with Crippen molar-refractivity contribution in [2.75, 3.05) is 0 Å². The minimum absolute atomic E-state index is 0.152. The number of nitrogens with one attached hydrogen (secondary N) is 3. The van der Waals surface area contributed by atoms with Crippen LogP contribution in [0.2, 0.25) is 0 Å². The van der Waals surface area contributed by atoms with E-state index in [1.165, 1.54) is 35.4 Å². The van der Waals surface area contributed by atoms with E-state index in [9.17, 15) is 4.79 Å². The van der Waals surface area contributed by atoms with Crippen molar-refractivity contribution in [2.24, 2.45) is 33.5 Å². The van der Waals surface area contributed by atoms with Gasteiger partial charge in [-0.1, -0.05) is 41.5 Å². The van der Waals surface area contributed by atoms with Crippen molar-refractivity contribution in [3.8, 4) is 0 Å². The number of fused-ring (bicyclic) bond motifs is 4. The van der Waals surface area contributed by atoms with Crippen molar-refractivity contribution in [3.05, 3.63) is 58.2 Å². The summed E-state index contributed by atoms with van der Waals surface area (Å²) >= 11 is 4.72. The van der Waals surface area contributed by atoms with Crippen LogP contribution in [0.1, 0.15) is 93.1 Å². The Bertz CT molecular complexity index is 1650. The molecule has 4 heterocycles. The van der Waals surface area contributed by atoms with E-state index in [2.05, 4.69) is 74.2 Å². The van der Waals surface area contributed by atoms with Crippen molar-refractivity contribution in [1.29, 1.82) is 0 Å². The first-order valence-corrected chi connectivity index (χ1v) is 15.3. The highest BCUT2D eigenvalue weighted by Crippen LogP contribution is 2.38. The first kappa shape index (κ1) is 29.9. The zero-order chi connectivity index (χ0) is 30.2. The number of rotatable bonds is 3. The van der Waals surface area contributed by atoms with Gasteiger partial charge in [0.2, 0.25) is 0 Å². The lowest BCUT2D eigenvalue weighted by Gasteiger charge is -2.34. The molecule has 5 N–H and O–H groups in total. The van der Waals surface area contributed by atoms with Gasteiger partial charge in [0.15, 0.2) is 11.4 Å². The van der Waals surface area contributed by atoms with E-state index in [0.717, 1.165) is 59.7 Å². The number of aromatic nitrogens is 4. The largest absolute Gasteiger partial charge is 0.375 e. The van der Waals surface area contributed by atoms with Crippen LogP contribution in [-0.4, -0.2) is 37.5 Å². The Labute approximate surface area is 253 Å². The minimum Gasteiger partial charge on any atom is -0.375 e. The van der Waals surface area contributed by atoms with Crippen LogP contribution in [0.5, 0.6) is 0 Å². The monoisotopic (exact) mass is 585 g/mol. The molecule has 42 heavy (non-hydrogen) atoms. The number of aryl methyl sites for hydroxylation is 2. The molecular weight excluding hydrogens is 542 g/mol. The van der Waals surface area contributed by atoms with Gasteiger partial charge in [0.05, 0.1) is 39.7 Å². The number of hydrogen-bond acceptors (Lipinski definition) is 5. The number of hydrazone groups is 1. The summed E-state index contributed by atoms with van der Waals surface area (Å²) in [5.41, 5.74) is 19.2. The summed E-state index contributed by atoms with van der Waals surface area (Å²) in [4.78, 5) is 26.8. The predicted octanol–water partition coefficient (Wildman–Crippen LogP) is 6.41. The van der Waals surface area contributed by atoms with Gasteiger partial charge in [-0.2, -0.15) is 5.10 Å². The lowest BCUT2D eigenvalue weighted by molar-refractivity contribution is 0.111. The second-order valence-corrected chi connectivity index (χ2v) is 14.4. The first-order chi connectivity index (χ1) is 19.8. The Kier molecular flexibility index (Phi) is 8.25. The van der Waals surface area contributed by atoms with Crippen LogP contribution in [-0.2, 0) is 25.7 Å². The van der Waals surface area contributed by atoms with Crippen LogP contribution in [0.4, 0.5) is 0 Å². The molecule has 4 aromatic rings. The highest BCUT2D eigenvalue weighted by atomic mass is 32.1. The van der Waals surface area contributed by atoms with Gasteiger partial charge in [-0.25, -0.2) is 0 Å². The lowest BCUT2D eigenvalue weighted by atomic mass is 9.71. The fourth-order valence-electron chi connectivity index (χ4n) is 6.24. The highest BCUT2D eigenvalue weighted by molar-refractivity contribution is 7.80. The number of carbonyl (C=O) groups excluding carboxylic acids is 1. The third-order valence-electron chi connectivity index (χ3n) is 8.93. The number of hydrogen-bond donors (Lipinski definition) is 4. The smallest absolute Gasteiger partial charge is 0.184 e. The number of pyridine rings is 2. The number of thiocarbonyl (C=S) groups is 1. The predicted molar refractivity (Wildman–Crippen MR) is 175 cm³/mol. The van der Waals surface area contributed by atoms with Crippen LogP contribution < -0.4 is 11.2 Å². The van der Waals surface area contributed by atoms with Crippen LogP contribution in [0.15, 0.2) is 29.4 Å². The number of carbonyl (C=O) groups is 1. The fraction of sp³-hybridized carbons (Fsp3) is 0.485. The number of nitrogens with two attached hydrogens (primary N) is 1. The number of nitrogens with zero attached hydrogens (tertiary/aromatic N) is 3. The molecule has 222 valence electrons. The van der Waals surface area contributed by atoms with E-state index in [-0.39, 0.29) is 5.11 Å². The van der Waals surface area contributed by atoms with Crippen LogP contribution in [0.25, 0.3) is 22.1 Å². The van der Waals surface area contributed by atoms with Gasteiger partial charge in [0.1, 0.15) is 0 Å². The van der Waals surface area contributed by atoms with Crippen molar-refractivity contribution in [3.63, 3.8) is 0 Å². The third kappa shape index (κ3) is 6.72. The minimum atomic E-state index is 0.152. The number of aldehydes is 1. The molecule has 9 heteroatoms. The molecule has 0 bridgehead atoms. The second-order valence-electron chi connectivity index (χ2n) is 14.0. The maximum atomic E-state index is 10.8. The molecule has 6 rings (SSSR count). The molecule has 0 saturated heterocycles. The van der Waals surface area contributed by atoms with E-state index in [4.69, 9.17) is 27.9 Å². The Hall–Kier alpha value is -3.59. The van der Waals surface area contributed by atoms with Crippen LogP contribution in [0.3, 0.4) is 0 Å². The van der Waals surface area contributed by atoms with Crippen molar-refractivity contribution >= 4 is 51.9 Å². The molecule has 0 saturated carbocycles. The summed E-state index contributed by atoms with van der Waals surface area (Å²) in [7, 11) is 0. The molecule has 0 aromatic carbocycles. The van der Waals surface area contributed by atoms with Gasteiger partial charge in [0.25, 0.3) is 0 Å². The second kappa shape index (κ2) is 11.6. The van der Waals surface area contributed by atoms with Crippen molar-refractivity contribution < 1.29 is 4.79 Å². The van der Waals surface area contributed by atoms with Gasteiger partial charge in [-0.3, -0.25) is 20.2 Å². The molecule has 0 fully saturated rings. The SMILES string of the molecule is CC(C)(C)C1CCc2nc3cc(/C=N/NC(N)=S)[nH]c3cc2C1.CC(C)(C)C1CCc2nc3cc(C=O)[nH]c3cc2C1. The normalized spacial score (nSPS) is 18.8. The molecule has 0 aliphatic heterocycles. The summed E-state index contributed by atoms with van der Waals surface area (Å²) < 4.78 is 0. The van der Waals surface area contributed by atoms with Crippen molar-refractivity contribution in [1.82, 2.24) is 25.4 Å². The van der Waals surface area contributed by atoms with Crippen LogP contribution >= 0.6 is 12.2 Å². The standard InChI is InChI=1S/C17H23N5S.C16H20N2O/c1-17(2,3)11-4-5-13-10(6-11)7-14-15(21-13)8-12(20-14)9-19-22-16(18)23;1-16(2,3)11-4-5-13-10(6-11)7-14-15(18-13)8-12(9-19)17-14/h7-9,11,20H,4-6H2,1-3H3,(H3,18,22,23);7-9,11,17H,4-6H2,1-3H3/b19-9+;. The average molecular weight is 586 g/mol. The molecule has 0 spiro atoms. The number of aromatic amines is 2. The average Bonchev–Trinajstić information content (AvgIpc) is 3.51. The van der Waals surface area contributed by atoms with E-state index in [1.807, 2.05) is 12.1 Å². The molecule has 4 aromatic heterocycles. The van der Waals surface area contributed by atoms with E-state index in [0.29, 0.717) is 28.4 Å². The lowest BCUT2D eigenvalue weighted by Crippen LogP contribution is -2.27. The van der Waals surface area contributed by atoms with Crippen LogP contribution in [0, 0.1) is 22.7 Å². The fourth-order valence-corrected chi connectivity index (χ4v) is 6.29. The van der Waals surface area contributed by atoms with E-state index < -0.39 is 0 Å². The Balaban J connectivity index is 0.000000171. The molecule has 2 aliphatic rings. The number of H-pyrrole nitrogens is 2. The Morgan fingerprint density at radius 2 is 1.36 bits per heavy atom. The zero-order valence-electron chi connectivity index (χ0n) is 25.6. The third-order valence-corrected chi connectivity index (χ3v) is 9.02. The summed E-state index contributed by atoms with van der Waals surface area (Å²) in [5, 5.41) is 4.13. The van der Waals surface area contributed by atoms with Gasteiger partial charge >= 0.3 is 0 Å². The molecule has 2 atom stereocenters. The Morgan fingerprint density at radius 1 is 0.881 bits per heavy atom. The van der Waals surface area contributed by atoms with Gasteiger partial charge in [0, 0.05) is 11.4 Å². The molecule has 8 nitrogen and oxygen atoms in total. The van der Waals surface area contributed by atoms with E-state index in [1.54, 1.807) is 6.21 Å².